The maximum absolute atomic E-state index is 13.8. The molecule has 6 heteroatoms. The number of ether oxygens (including phenoxy) is 2. The van der Waals surface area contributed by atoms with Crippen molar-refractivity contribution in [2.75, 3.05) is 39.5 Å². The normalized spacial score (nSPS) is 38.2. The van der Waals surface area contributed by atoms with E-state index < -0.39 is 5.41 Å². The van der Waals surface area contributed by atoms with Crippen LogP contribution in [0, 0.1) is 11.8 Å². The highest BCUT2D eigenvalue weighted by Crippen LogP contribution is 2.57. The number of carbonyl (C=O) groups is 1. The number of rotatable bonds is 2. The topological polar surface area (TPSA) is 51.2 Å². The summed E-state index contributed by atoms with van der Waals surface area (Å²) in [6.07, 6.45) is 3.79. The molecule has 4 aliphatic heterocycles. The van der Waals surface area contributed by atoms with E-state index in [0.717, 1.165) is 43.0 Å². The van der Waals surface area contributed by atoms with Gasteiger partial charge in [-0.1, -0.05) is 17.7 Å². The Morgan fingerprint density at radius 1 is 1.32 bits per heavy atom. The van der Waals surface area contributed by atoms with Crippen molar-refractivity contribution in [2.24, 2.45) is 11.8 Å². The highest BCUT2D eigenvalue weighted by atomic mass is 16.7. The lowest BCUT2D eigenvalue weighted by Gasteiger charge is -2.46. The molecule has 150 valence electrons. The number of allylic oxidation sites excluding steroid dienone is 1. The molecule has 1 aromatic carbocycles. The molecule has 0 unspecified atom stereocenters. The number of piperidine rings is 1. The van der Waals surface area contributed by atoms with Gasteiger partial charge in [0, 0.05) is 24.6 Å². The third-order valence-electron chi connectivity index (χ3n) is 7.55. The predicted octanol–water partition coefficient (Wildman–Crippen LogP) is 2.53. The van der Waals surface area contributed by atoms with Gasteiger partial charge in [0.15, 0.2) is 0 Å². The minimum Gasteiger partial charge on any atom is -0.497 e. The second-order valence-electron chi connectivity index (χ2n) is 8.51. The number of hydroxylamine groups is 1. The maximum atomic E-state index is 13.8. The van der Waals surface area contributed by atoms with E-state index in [2.05, 4.69) is 24.9 Å². The molecule has 1 aliphatic carbocycles. The Morgan fingerprint density at radius 2 is 2.14 bits per heavy atom. The van der Waals surface area contributed by atoms with Crippen LogP contribution in [0.25, 0.3) is 0 Å². The van der Waals surface area contributed by atoms with Crippen LogP contribution in [0.4, 0.5) is 5.69 Å². The van der Waals surface area contributed by atoms with Gasteiger partial charge in [-0.15, -0.1) is 0 Å². The van der Waals surface area contributed by atoms with E-state index >= 15 is 0 Å². The number of carbonyl (C=O) groups excluding carboxylic acids is 1. The summed E-state index contributed by atoms with van der Waals surface area (Å²) in [5.41, 5.74) is 2.57. The number of amides is 1. The SMILES string of the molecule is C/C=C1\CN(C)[C@H]2C[C@@]3(C(=O)N(OC)c4cc(OC)ccc43)[C@H]3C[C@@H]1[C@@H]2CO3. The zero-order chi connectivity index (χ0) is 19.6. The van der Waals surface area contributed by atoms with Crippen LogP contribution >= 0.6 is 0 Å². The molecule has 1 spiro atoms. The van der Waals surface area contributed by atoms with Crippen molar-refractivity contribution in [1.29, 1.82) is 0 Å². The van der Waals surface area contributed by atoms with Gasteiger partial charge >= 0.3 is 0 Å². The summed E-state index contributed by atoms with van der Waals surface area (Å²) in [7, 11) is 5.37. The first-order chi connectivity index (χ1) is 13.5. The number of anilines is 1. The molecule has 0 aromatic heterocycles. The van der Waals surface area contributed by atoms with Crippen LogP contribution in [0.1, 0.15) is 25.3 Å². The molecule has 0 radical (unpaired) electrons. The number of nitrogens with zero attached hydrogens (tertiary/aromatic N) is 2. The zero-order valence-electron chi connectivity index (χ0n) is 17.0. The summed E-state index contributed by atoms with van der Waals surface area (Å²) >= 11 is 0. The number of likely N-dealkylation sites (tertiary alicyclic amines) is 1. The molecule has 1 saturated carbocycles. The molecule has 5 aliphatic rings. The van der Waals surface area contributed by atoms with Gasteiger partial charge in [-0.3, -0.25) is 14.5 Å². The molecule has 0 N–H and O–H groups in total. The summed E-state index contributed by atoms with van der Waals surface area (Å²) < 4.78 is 11.8. The Kier molecular flexibility index (Phi) is 4.09. The first kappa shape index (κ1) is 18.2. The van der Waals surface area contributed by atoms with E-state index in [1.54, 1.807) is 14.2 Å². The second kappa shape index (κ2) is 6.31. The van der Waals surface area contributed by atoms with Crippen molar-refractivity contribution >= 4 is 11.6 Å². The molecule has 4 bridgehead atoms. The predicted molar refractivity (Wildman–Crippen MR) is 105 cm³/mol. The molecular formula is C22H28N2O4. The van der Waals surface area contributed by atoms with E-state index in [1.165, 1.54) is 10.6 Å². The average molecular weight is 384 g/mol. The number of fused-ring (bicyclic) bond motifs is 2. The Labute approximate surface area is 166 Å². The molecule has 3 saturated heterocycles. The van der Waals surface area contributed by atoms with E-state index in [4.69, 9.17) is 14.3 Å². The fourth-order valence-corrected chi connectivity index (χ4v) is 6.17. The van der Waals surface area contributed by atoms with E-state index in [9.17, 15) is 4.79 Å². The molecular weight excluding hydrogens is 356 g/mol. The lowest BCUT2D eigenvalue weighted by atomic mass is 9.72. The van der Waals surface area contributed by atoms with Crippen molar-refractivity contribution in [1.82, 2.24) is 4.90 Å². The number of likely N-dealkylation sites (N-methyl/N-ethyl adjacent to an activating group) is 1. The van der Waals surface area contributed by atoms with Gasteiger partial charge in [-0.2, -0.15) is 5.06 Å². The van der Waals surface area contributed by atoms with Gasteiger partial charge in [0.2, 0.25) is 0 Å². The van der Waals surface area contributed by atoms with Crippen molar-refractivity contribution < 1.29 is 19.1 Å². The van der Waals surface area contributed by atoms with E-state index in [1.807, 2.05) is 18.2 Å². The summed E-state index contributed by atoms with van der Waals surface area (Å²) in [4.78, 5) is 21.8. The van der Waals surface area contributed by atoms with Crippen molar-refractivity contribution in [3.63, 3.8) is 0 Å². The van der Waals surface area contributed by atoms with Crippen molar-refractivity contribution in [2.45, 2.75) is 37.3 Å². The van der Waals surface area contributed by atoms with Gasteiger partial charge in [0.05, 0.1) is 32.6 Å². The number of hydrogen-bond donors (Lipinski definition) is 0. The first-order valence-corrected chi connectivity index (χ1v) is 10.1. The molecule has 6 nitrogen and oxygen atoms in total. The van der Waals surface area contributed by atoms with Crippen LogP contribution in [0.2, 0.25) is 0 Å². The number of benzene rings is 1. The molecule has 1 amide bonds. The van der Waals surface area contributed by atoms with Crippen LogP contribution in [0.3, 0.4) is 0 Å². The maximum Gasteiger partial charge on any atom is 0.264 e. The lowest BCUT2D eigenvalue weighted by molar-refractivity contribution is -0.137. The number of methoxy groups -OCH3 is 1. The highest BCUT2D eigenvalue weighted by Gasteiger charge is 2.64. The molecule has 6 rings (SSSR count). The molecule has 4 fully saturated rings. The zero-order valence-corrected chi connectivity index (χ0v) is 17.0. The molecule has 28 heavy (non-hydrogen) atoms. The smallest absolute Gasteiger partial charge is 0.264 e. The van der Waals surface area contributed by atoms with E-state index in [0.29, 0.717) is 17.9 Å². The van der Waals surface area contributed by atoms with Crippen LogP contribution in [0.5, 0.6) is 5.75 Å². The fraction of sp³-hybridized carbons (Fsp3) is 0.591. The Balaban J connectivity index is 1.69. The summed E-state index contributed by atoms with van der Waals surface area (Å²) in [5, 5.41) is 1.44. The Hall–Kier alpha value is -1.89. The number of hydrogen-bond acceptors (Lipinski definition) is 5. The second-order valence-corrected chi connectivity index (χ2v) is 8.51. The van der Waals surface area contributed by atoms with Crippen molar-refractivity contribution in [3.05, 3.63) is 35.4 Å². The van der Waals surface area contributed by atoms with Crippen molar-refractivity contribution in [3.8, 4) is 5.75 Å². The monoisotopic (exact) mass is 384 g/mol. The van der Waals surface area contributed by atoms with E-state index in [-0.39, 0.29) is 12.0 Å². The molecule has 1 aromatic rings. The fourth-order valence-electron chi connectivity index (χ4n) is 6.17. The third kappa shape index (κ3) is 2.17. The molecule has 5 atom stereocenters. The van der Waals surface area contributed by atoms with Crippen LogP contribution in [-0.2, 0) is 19.8 Å². The average Bonchev–Trinajstić information content (AvgIpc) is 2.82. The largest absolute Gasteiger partial charge is 0.497 e. The highest BCUT2D eigenvalue weighted by molar-refractivity contribution is 6.07. The summed E-state index contributed by atoms with van der Waals surface area (Å²) in [5.74, 6) is 1.64. The van der Waals surface area contributed by atoms with Gasteiger partial charge < -0.3 is 9.47 Å². The summed E-state index contributed by atoms with van der Waals surface area (Å²) in [6.45, 7) is 3.83. The standard InChI is InChI=1S/C22H28N2O4/c1-5-13-11-23(2)19-10-22(20-9-15(13)16(19)12-28-20)17-7-6-14(26-3)8-18(17)24(27-4)21(22)25/h5-8,15-16,19-20H,9-12H2,1-4H3/b13-5+/t15-,16-,19-,20+,22-/m0/s1. The van der Waals surface area contributed by atoms with Crippen LogP contribution in [0.15, 0.2) is 29.8 Å². The van der Waals surface area contributed by atoms with Crippen LogP contribution in [-0.4, -0.2) is 57.4 Å². The Morgan fingerprint density at radius 3 is 2.86 bits per heavy atom. The molecule has 4 heterocycles. The minimum atomic E-state index is -0.705. The van der Waals surface area contributed by atoms with Gasteiger partial charge in [0.1, 0.15) is 11.2 Å². The van der Waals surface area contributed by atoms with Gasteiger partial charge in [0.25, 0.3) is 5.91 Å². The van der Waals surface area contributed by atoms with Crippen LogP contribution < -0.4 is 9.80 Å². The minimum absolute atomic E-state index is 0.00752. The lowest BCUT2D eigenvalue weighted by Crippen LogP contribution is -2.50. The third-order valence-corrected chi connectivity index (χ3v) is 7.55. The first-order valence-electron chi connectivity index (χ1n) is 10.1. The van der Waals surface area contributed by atoms with Gasteiger partial charge in [-0.05, 0) is 44.4 Å². The summed E-state index contributed by atoms with van der Waals surface area (Å²) in [6, 6.07) is 6.19. The Bertz CT molecular complexity index is 853. The quantitative estimate of drug-likeness (QED) is 0.734. The van der Waals surface area contributed by atoms with Gasteiger partial charge in [-0.25, -0.2) is 0 Å².